The number of fused-ring (bicyclic) bond motifs is 1. The van der Waals surface area contributed by atoms with Crippen LogP contribution in [0.15, 0.2) is 53.4 Å². The minimum absolute atomic E-state index is 0.0140. The van der Waals surface area contributed by atoms with E-state index in [1.54, 1.807) is 6.07 Å². The van der Waals surface area contributed by atoms with E-state index in [-0.39, 0.29) is 11.4 Å². The van der Waals surface area contributed by atoms with Gasteiger partial charge in [-0.3, -0.25) is 9.59 Å². The molecule has 0 bridgehead atoms. The van der Waals surface area contributed by atoms with Crippen LogP contribution < -0.4 is 14.8 Å². The van der Waals surface area contributed by atoms with Crippen LogP contribution in [0, 0.1) is 0 Å². The van der Waals surface area contributed by atoms with Crippen molar-refractivity contribution in [2.45, 2.75) is 43.4 Å². The second kappa shape index (κ2) is 9.80. The van der Waals surface area contributed by atoms with Crippen LogP contribution in [0.4, 0.5) is 0 Å². The first kappa shape index (κ1) is 23.1. The van der Waals surface area contributed by atoms with Crippen LogP contribution in [-0.2, 0) is 30.9 Å². The summed E-state index contributed by atoms with van der Waals surface area (Å²) in [5, 5.41) is 2.72. The molecule has 9 nitrogen and oxygen atoms in total. The Bertz CT molecular complexity index is 1120. The highest BCUT2D eigenvalue weighted by molar-refractivity contribution is 7.89. The first-order valence-corrected chi connectivity index (χ1v) is 12.2. The van der Waals surface area contributed by atoms with Gasteiger partial charge in [0.15, 0.2) is 17.6 Å². The Kier molecular flexibility index (Phi) is 6.85. The molecule has 2 unspecified atom stereocenters. The Morgan fingerprint density at radius 3 is 2.61 bits per heavy atom. The predicted molar refractivity (Wildman–Crippen MR) is 118 cm³/mol. The van der Waals surface area contributed by atoms with E-state index < -0.39 is 34.0 Å². The molecule has 1 amide bonds. The largest absolute Gasteiger partial charge is 0.486 e. The number of esters is 1. The number of nitrogens with one attached hydrogen (secondary N) is 1. The maximum absolute atomic E-state index is 13.3. The lowest BCUT2D eigenvalue weighted by molar-refractivity contribution is -0.157. The molecule has 10 heteroatoms. The monoisotopic (exact) mass is 474 g/mol. The SMILES string of the molecule is CC(OC(=O)C1CCCN1S(=O)(=O)c1ccc2c(c1)OCCO2)C(=O)NCc1ccccc1. The zero-order valence-electron chi connectivity index (χ0n) is 18.2. The number of carbonyl (C=O) groups is 2. The number of sulfonamides is 1. The van der Waals surface area contributed by atoms with Gasteiger partial charge >= 0.3 is 5.97 Å². The molecule has 0 spiro atoms. The summed E-state index contributed by atoms with van der Waals surface area (Å²) in [6, 6.07) is 12.7. The summed E-state index contributed by atoms with van der Waals surface area (Å²) in [7, 11) is -3.97. The number of hydrogen-bond donors (Lipinski definition) is 1. The van der Waals surface area contributed by atoms with Crippen molar-refractivity contribution in [3.05, 3.63) is 54.1 Å². The number of carbonyl (C=O) groups excluding carboxylic acids is 2. The Balaban J connectivity index is 1.40. The van der Waals surface area contributed by atoms with E-state index in [9.17, 15) is 18.0 Å². The summed E-state index contributed by atoms with van der Waals surface area (Å²) >= 11 is 0. The van der Waals surface area contributed by atoms with Gasteiger partial charge in [-0.2, -0.15) is 4.31 Å². The van der Waals surface area contributed by atoms with Crippen LogP contribution in [0.25, 0.3) is 0 Å². The smallest absolute Gasteiger partial charge is 0.325 e. The summed E-state index contributed by atoms with van der Waals surface area (Å²) in [4.78, 5) is 25.2. The van der Waals surface area contributed by atoms with Crippen LogP contribution in [-0.4, -0.2) is 56.5 Å². The third-order valence-corrected chi connectivity index (χ3v) is 7.47. The minimum atomic E-state index is -3.97. The van der Waals surface area contributed by atoms with Crippen LogP contribution >= 0.6 is 0 Å². The molecule has 4 rings (SSSR count). The first-order valence-electron chi connectivity index (χ1n) is 10.8. The van der Waals surface area contributed by atoms with Gasteiger partial charge in [0.05, 0.1) is 4.90 Å². The molecule has 0 saturated carbocycles. The summed E-state index contributed by atoms with van der Waals surface area (Å²) in [6.07, 6.45) is -0.223. The molecule has 0 aromatic heterocycles. The van der Waals surface area contributed by atoms with Crippen molar-refractivity contribution in [3.8, 4) is 11.5 Å². The molecule has 2 heterocycles. The highest BCUT2D eigenvalue weighted by atomic mass is 32.2. The average molecular weight is 475 g/mol. The number of hydrogen-bond acceptors (Lipinski definition) is 7. The molecule has 1 saturated heterocycles. The molecular weight excluding hydrogens is 448 g/mol. The summed E-state index contributed by atoms with van der Waals surface area (Å²) in [5.74, 6) is -0.361. The molecule has 2 aliphatic rings. The number of nitrogens with zero attached hydrogens (tertiary/aromatic N) is 1. The average Bonchev–Trinajstić information content (AvgIpc) is 3.34. The first-order chi connectivity index (χ1) is 15.9. The normalized spacial score (nSPS) is 19.0. The van der Waals surface area contributed by atoms with Gasteiger partial charge in [-0.15, -0.1) is 0 Å². The predicted octanol–water partition coefficient (Wildman–Crippen LogP) is 1.86. The Morgan fingerprint density at radius 2 is 1.85 bits per heavy atom. The van der Waals surface area contributed by atoms with Crippen molar-refractivity contribution < 1.29 is 32.2 Å². The fourth-order valence-corrected chi connectivity index (χ4v) is 5.48. The molecule has 2 aromatic carbocycles. The van der Waals surface area contributed by atoms with Crippen molar-refractivity contribution >= 4 is 21.9 Å². The molecule has 2 atom stereocenters. The highest BCUT2D eigenvalue weighted by Crippen LogP contribution is 2.35. The highest BCUT2D eigenvalue weighted by Gasteiger charge is 2.41. The van der Waals surface area contributed by atoms with Gasteiger partial charge in [-0.25, -0.2) is 8.42 Å². The molecule has 0 aliphatic carbocycles. The second-order valence-corrected chi connectivity index (χ2v) is 9.75. The fraction of sp³-hybridized carbons (Fsp3) is 0.391. The lowest BCUT2D eigenvalue weighted by Gasteiger charge is -2.25. The fourth-order valence-electron chi connectivity index (χ4n) is 3.82. The maximum atomic E-state index is 13.3. The van der Waals surface area contributed by atoms with Crippen molar-refractivity contribution in [2.24, 2.45) is 0 Å². The van der Waals surface area contributed by atoms with Gasteiger partial charge in [0, 0.05) is 19.2 Å². The summed E-state index contributed by atoms with van der Waals surface area (Å²) < 4.78 is 43.9. The topological polar surface area (TPSA) is 111 Å². The Hall–Kier alpha value is -3.11. The zero-order chi connectivity index (χ0) is 23.4. The maximum Gasteiger partial charge on any atom is 0.325 e. The van der Waals surface area contributed by atoms with Crippen LogP contribution in [0.1, 0.15) is 25.3 Å². The summed E-state index contributed by atoms with van der Waals surface area (Å²) in [5.41, 5.74) is 0.914. The molecule has 176 valence electrons. The van der Waals surface area contributed by atoms with Crippen LogP contribution in [0.3, 0.4) is 0 Å². The van der Waals surface area contributed by atoms with E-state index in [4.69, 9.17) is 14.2 Å². The van der Waals surface area contributed by atoms with Gasteiger partial charge in [0.1, 0.15) is 19.3 Å². The van der Waals surface area contributed by atoms with Gasteiger partial charge in [-0.1, -0.05) is 30.3 Å². The standard InChI is InChI=1S/C23H26N2O7S/c1-16(22(26)24-15-17-6-3-2-4-7-17)32-23(27)19-8-5-11-25(19)33(28,29)18-9-10-20-21(14-18)31-13-12-30-20/h2-4,6-7,9-10,14,16,19H,5,8,11-13,15H2,1H3,(H,24,26). The Labute approximate surface area is 192 Å². The minimum Gasteiger partial charge on any atom is -0.486 e. The molecule has 2 aromatic rings. The van der Waals surface area contributed by atoms with E-state index >= 15 is 0 Å². The summed E-state index contributed by atoms with van der Waals surface area (Å²) in [6.45, 7) is 2.68. The molecule has 2 aliphatic heterocycles. The van der Waals surface area contributed by atoms with Crippen molar-refractivity contribution in [1.82, 2.24) is 9.62 Å². The number of amides is 1. The van der Waals surface area contributed by atoms with E-state index in [1.165, 1.54) is 19.1 Å². The third-order valence-electron chi connectivity index (χ3n) is 5.57. The number of benzene rings is 2. The van der Waals surface area contributed by atoms with E-state index in [0.717, 1.165) is 9.87 Å². The zero-order valence-corrected chi connectivity index (χ0v) is 19.0. The second-order valence-electron chi connectivity index (χ2n) is 7.86. The van der Waals surface area contributed by atoms with Gasteiger partial charge in [-0.05, 0) is 37.5 Å². The van der Waals surface area contributed by atoms with Gasteiger partial charge in [0.25, 0.3) is 5.91 Å². The van der Waals surface area contributed by atoms with Crippen LogP contribution in [0.2, 0.25) is 0 Å². The molecule has 1 fully saturated rings. The van der Waals surface area contributed by atoms with E-state index in [2.05, 4.69) is 5.32 Å². The van der Waals surface area contributed by atoms with E-state index in [1.807, 2.05) is 30.3 Å². The molecule has 0 radical (unpaired) electrons. The lowest BCUT2D eigenvalue weighted by atomic mass is 10.2. The number of rotatable bonds is 7. The molecule has 33 heavy (non-hydrogen) atoms. The van der Waals surface area contributed by atoms with Crippen molar-refractivity contribution in [3.63, 3.8) is 0 Å². The third kappa shape index (κ3) is 5.12. The molecular formula is C23H26N2O7S. The van der Waals surface area contributed by atoms with Crippen molar-refractivity contribution in [2.75, 3.05) is 19.8 Å². The molecule has 1 N–H and O–H groups in total. The number of ether oxygens (including phenoxy) is 3. The van der Waals surface area contributed by atoms with Gasteiger partial charge in [0.2, 0.25) is 10.0 Å². The quantitative estimate of drug-likeness (QED) is 0.610. The van der Waals surface area contributed by atoms with Crippen LogP contribution in [0.5, 0.6) is 11.5 Å². The van der Waals surface area contributed by atoms with Crippen molar-refractivity contribution in [1.29, 1.82) is 0 Å². The van der Waals surface area contributed by atoms with E-state index in [0.29, 0.717) is 44.1 Å². The van der Waals surface area contributed by atoms with Gasteiger partial charge < -0.3 is 19.5 Å². The lowest BCUT2D eigenvalue weighted by Crippen LogP contribution is -2.44. The Morgan fingerprint density at radius 1 is 1.12 bits per heavy atom.